The molecule has 0 saturated carbocycles. The highest BCUT2D eigenvalue weighted by molar-refractivity contribution is 5.67. The minimum atomic E-state index is 0.522. The molecular formula is C25H24N2O3. The Morgan fingerprint density at radius 1 is 0.767 bits per heavy atom. The van der Waals surface area contributed by atoms with Gasteiger partial charge in [-0.1, -0.05) is 48.5 Å². The Balaban J connectivity index is 1.44. The molecule has 0 aliphatic carbocycles. The van der Waals surface area contributed by atoms with Gasteiger partial charge >= 0.3 is 0 Å². The molecule has 0 atom stereocenters. The first-order valence-corrected chi connectivity index (χ1v) is 10.0. The molecule has 1 aromatic heterocycles. The van der Waals surface area contributed by atoms with Crippen LogP contribution in [0.2, 0.25) is 0 Å². The smallest absolute Gasteiger partial charge is 0.257 e. The second kappa shape index (κ2) is 9.27. The molecule has 0 spiro atoms. The molecule has 0 aliphatic rings. The predicted molar refractivity (Wildman–Crippen MR) is 117 cm³/mol. The van der Waals surface area contributed by atoms with Crippen LogP contribution >= 0.6 is 0 Å². The van der Waals surface area contributed by atoms with Crippen molar-refractivity contribution in [3.05, 3.63) is 84.2 Å². The predicted octanol–water partition coefficient (Wildman–Crippen LogP) is 5.79. The normalized spacial score (nSPS) is 10.7. The fourth-order valence-electron chi connectivity index (χ4n) is 3.14. The summed E-state index contributed by atoms with van der Waals surface area (Å²) in [6.45, 7) is 2.83. The Morgan fingerprint density at radius 3 is 2.00 bits per heavy atom. The van der Waals surface area contributed by atoms with E-state index < -0.39 is 0 Å². The van der Waals surface area contributed by atoms with Crippen molar-refractivity contribution in [2.75, 3.05) is 13.7 Å². The molecule has 0 radical (unpaired) electrons. The van der Waals surface area contributed by atoms with E-state index in [1.807, 2.05) is 48.5 Å². The lowest BCUT2D eigenvalue weighted by Crippen LogP contribution is -1.94. The average Bonchev–Trinajstić information content (AvgIpc) is 3.27. The van der Waals surface area contributed by atoms with Crippen molar-refractivity contribution in [2.24, 2.45) is 0 Å². The third kappa shape index (κ3) is 4.69. The zero-order valence-electron chi connectivity index (χ0n) is 17.2. The number of hydrogen-bond acceptors (Lipinski definition) is 5. The van der Waals surface area contributed by atoms with E-state index in [2.05, 4.69) is 41.3 Å². The van der Waals surface area contributed by atoms with E-state index in [0.29, 0.717) is 18.1 Å². The van der Waals surface area contributed by atoms with Crippen LogP contribution in [0.5, 0.6) is 11.5 Å². The van der Waals surface area contributed by atoms with Gasteiger partial charge in [-0.05, 0) is 59.5 Å². The summed E-state index contributed by atoms with van der Waals surface area (Å²) >= 11 is 0. The molecule has 30 heavy (non-hydrogen) atoms. The number of aromatic nitrogens is 2. The summed E-state index contributed by atoms with van der Waals surface area (Å²) < 4.78 is 16.3. The lowest BCUT2D eigenvalue weighted by molar-refractivity contribution is 0.317. The molecule has 0 bridgehead atoms. The fourth-order valence-corrected chi connectivity index (χ4v) is 3.14. The molecule has 4 rings (SSSR count). The summed E-state index contributed by atoms with van der Waals surface area (Å²) in [4.78, 5) is 4.54. The summed E-state index contributed by atoms with van der Waals surface area (Å²) in [5.74, 6) is 2.90. The summed E-state index contributed by atoms with van der Waals surface area (Å²) in [5, 5.41) is 4.11. The summed E-state index contributed by atoms with van der Waals surface area (Å²) in [6, 6.07) is 24.1. The van der Waals surface area contributed by atoms with Crippen LogP contribution in [0.4, 0.5) is 0 Å². The molecule has 5 nitrogen and oxygen atoms in total. The maximum atomic E-state index is 5.65. The van der Waals surface area contributed by atoms with E-state index in [4.69, 9.17) is 14.0 Å². The van der Waals surface area contributed by atoms with Gasteiger partial charge in [0.2, 0.25) is 0 Å². The van der Waals surface area contributed by atoms with Crippen LogP contribution in [0.1, 0.15) is 24.7 Å². The molecule has 1 heterocycles. The Morgan fingerprint density at radius 2 is 1.37 bits per heavy atom. The second-order valence-electron chi connectivity index (χ2n) is 6.99. The summed E-state index contributed by atoms with van der Waals surface area (Å²) in [6.07, 6.45) is 1.61. The number of nitrogens with zero attached hydrogens (tertiary/aromatic N) is 2. The highest BCUT2D eigenvalue weighted by atomic mass is 16.5. The van der Waals surface area contributed by atoms with E-state index in [1.165, 1.54) is 0 Å². The van der Waals surface area contributed by atoms with Crippen LogP contribution in [0.15, 0.2) is 77.3 Å². The van der Waals surface area contributed by atoms with Gasteiger partial charge in [-0.2, -0.15) is 4.98 Å². The van der Waals surface area contributed by atoms with Crippen molar-refractivity contribution < 1.29 is 14.0 Å². The number of rotatable bonds is 8. The van der Waals surface area contributed by atoms with Crippen LogP contribution < -0.4 is 9.47 Å². The Hall–Kier alpha value is -3.60. The lowest BCUT2D eigenvalue weighted by atomic mass is 10.0. The van der Waals surface area contributed by atoms with E-state index in [1.54, 1.807) is 7.11 Å². The number of benzene rings is 3. The molecule has 0 fully saturated rings. The fraction of sp³-hybridized carbons (Fsp3) is 0.200. The number of ether oxygens (including phenoxy) is 2. The van der Waals surface area contributed by atoms with Gasteiger partial charge in [0.25, 0.3) is 5.89 Å². The molecule has 0 N–H and O–H groups in total. The van der Waals surface area contributed by atoms with Crippen molar-refractivity contribution in [3.8, 4) is 34.1 Å². The van der Waals surface area contributed by atoms with Gasteiger partial charge in [0, 0.05) is 12.0 Å². The van der Waals surface area contributed by atoms with Crippen LogP contribution in [-0.4, -0.2) is 23.9 Å². The lowest BCUT2D eigenvalue weighted by Gasteiger charge is -2.06. The molecule has 5 heteroatoms. The average molecular weight is 400 g/mol. The zero-order chi connectivity index (χ0) is 20.8. The molecule has 152 valence electrons. The maximum absolute atomic E-state index is 5.65. The maximum Gasteiger partial charge on any atom is 0.257 e. The molecule has 0 unspecified atom stereocenters. The van der Waals surface area contributed by atoms with Crippen LogP contribution in [0, 0.1) is 0 Å². The number of hydrogen-bond donors (Lipinski definition) is 0. The third-order valence-corrected chi connectivity index (χ3v) is 4.78. The highest BCUT2D eigenvalue weighted by Crippen LogP contribution is 2.26. The molecular weight excluding hydrogens is 376 g/mol. The van der Waals surface area contributed by atoms with Crippen LogP contribution in [-0.2, 0) is 6.42 Å². The van der Waals surface area contributed by atoms with Gasteiger partial charge in [-0.3, -0.25) is 0 Å². The SMILES string of the molecule is CCCOc1ccc(-c2ccc(-c3nc(Cc4ccc(OC)cc4)no3)cc2)cc1. The van der Waals surface area contributed by atoms with Gasteiger partial charge in [-0.15, -0.1) is 0 Å². The van der Waals surface area contributed by atoms with E-state index in [-0.39, 0.29) is 0 Å². The monoisotopic (exact) mass is 400 g/mol. The van der Waals surface area contributed by atoms with Crippen molar-refractivity contribution in [2.45, 2.75) is 19.8 Å². The standard InChI is InChI=1S/C25H24N2O3/c1-3-16-29-23-14-10-20(11-15-23)19-6-8-21(9-7-19)25-26-24(27-30-25)17-18-4-12-22(28-2)13-5-18/h4-15H,3,16-17H2,1-2H3. The quantitative estimate of drug-likeness (QED) is 0.375. The first-order chi connectivity index (χ1) is 14.7. The van der Waals surface area contributed by atoms with Crippen molar-refractivity contribution in [1.82, 2.24) is 10.1 Å². The molecule has 3 aromatic carbocycles. The summed E-state index contributed by atoms with van der Waals surface area (Å²) in [5.41, 5.74) is 4.26. The van der Waals surface area contributed by atoms with Gasteiger partial charge in [0.05, 0.1) is 13.7 Å². The van der Waals surface area contributed by atoms with Gasteiger partial charge in [0.15, 0.2) is 5.82 Å². The topological polar surface area (TPSA) is 57.4 Å². The Kier molecular flexibility index (Phi) is 6.09. The first-order valence-electron chi connectivity index (χ1n) is 10.0. The first kappa shape index (κ1) is 19.7. The minimum absolute atomic E-state index is 0.522. The second-order valence-corrected chi connectivity index (χ2v) is 6.99. The minimum Gasteiger partial charge on any atom is -0.497 e. The van der Waals surface area contributed by atoms with E-state index >= 15 is 0 Å². The van der Waals surface area contributed by atoms with Crippen LogP contribution in [0.25, 0.3) is 22.6 Å². The third-order valence-electron chi connectivity index (χ3n) is 4.78. The number of methoxy groups -OCH3 is 1. The molecule has 0 aliphatic heterocycles. The highest BCUT2D eigenvalue weighted by Gasteiger charge is 2.10. The van der Waals surface area contributed by atoms with E-state index in [0.717, 1.165) is 46.8 Å². The summed E-state index contributed by atoms with van der Waals surface area (Å²) in [7, 11) is 1.66. The van der Waals surface area contributed by atoms with Crippen molar-refractivity contribution in [3.63, 3.8) is 0 Å². The molecule has 0 amide bonds. The molecule has 4 aromatic rings. The van der Waals surface area contributed by atoms with Gasteiger partial charge in [0.1, 0.15) is 11.5 Å². The van der Waals surface area contributed by atoms with Crippen LogP contribution in [0.3, 0.4) is 0 Å². The van der Waals surface area contributed by atoms with Gasteiger partial charge in [-0.25, -0.2) is 0 Å². The van der Waals surface area contributed by atoms with Crippen molar-refractivity contribution in [1.29, 1.82) is 0 Å². The van der Waals surface area contributed by atoms with Crippen molar-refractivity contribution >= 4 is 0 Å². The zero-order valence-corrected chi connectivity index (χ0v) is 17.2. The Labute approximate surface area is 176 Å². The largest absolute Gasteiger partial charge is 0.497 e. The molecule has 0 saturated heterocycles. The Bertz CT molecular complexity index is 1070. The van der Waals surface area contributed by atoms with Gasteiger partial charge < -0.3 is 14.0 Å². The van der Waals surface area contributed by atoms with E-state index in [9.17, 15) is 0 Å².